The summed E-state index contributed by atoms with van der Waals surface area (Å²) in [5.41, 5.74) is 2.74. The van der Waals surface area contributed by atoms with Crippen LogP contribution in [0.2, 0.25) is 0 Å². The molecule has 3 aromatic rings. The SMILES string of the molecule is CCN(CC)c1ccc(NC(=O)C(Cc2ccccc2)NC(=O)c2ccco2)cc1. The molecule has 2 aromatic carbocycles. The van der Waals surface area contributed by atoms with Crippen LogP contribution in [-0.4, -0.2) is 30.9 Å². The molecule has 0 aliphatic rings. The van der Waals surface area contributed by atoms with E-state index in [1.807, 2.05) is 54.6 Å². The average Bonchev–Trinajstić information content (AvgIpc) is 3.31. The molecular weight excluding hydrogens is 378 g/mol. The van der Waals surface area contributed by atoms with Gasteiger partial charge in [-0.1, -0.05) is 30.3 Å². The first-order valence-corrected chi connectivity index (χ1v) is 10.1. The molecule has 0 saturated heterocycles. The summed E-state index contributed by atoms with van der Waals surface area (Å²) in [6.07, 6.45) is 1.80. The van der Waals surface area contributed by atoms with Gasteiger partial charge in [-0.05, 0) is 55.8 Å². The Morgan fingerprint density at radius 1 is 0.933 bits per heavy atom. The third-order valence-electron chi connectivity index (χ3n) is 4.91. The second-order valence-corrected chi connectivity index (χ2v) is 6.90. The number of rotatable bonds is 9. The Labute approximate surface area is 176 Å². The third kappa shape index (κ3) is 5.50. The maximum absolute atomic E-state index is 13.0. The zero-order valence-corrected chi connectivity index (χ0v) is 17.3. The Morgan fingerprint density at radius 3 is 2.23 bits per heavy atom. The smallest absolute Gasteiger partial charge is 0.287 e. The van der Waals surface area contributed by atoms with E-state index in [1.54, 1.807) is 12.1 Å². The van der Waals surface area contributed by atoms with Crippen LogP contribution in [0.1, 0.15) is 30.0 Å². The molecule has 0 radical (unpaired) electrons. The van der Waals surface area contributed by atoms with Crippen molar-refractivity contribution >= 4 is 23.2 Å². The quantitative estimate of drug-likeness (QED) is 0.562. The van der Waals surface area contributed by atoms with Gasteiger partial charge in [-0.2, -0.15) is 0 Å². The summed E-state index contributed by atoms with van der Waals surface area (Å²) in [4.78, 5) is 27.7. The number of benzene rings is 2. The van der Waals surface area contributed by atoms with Crippen LogP contribution in [0.3, 0.4) is 0 Å². The van der Waals surface area contributed by atoms with Crippen molar-refractivity contribution in [2.24, 2.45) is 0 Å². The Balaban J connectivity index is 1.73. The third-order valence-corrected chi connectivity index (χ3v) is 4.91. The minimum absolute atomic E-state index is 0.171. The lowest BCUT2D eigenvalue weighted by Crippen LogP contribution is -2.45. The molecule has 0 saturated carbocycles. The lowest BCUT2D eigenvalue weighted by molar-refractivity contribution is -0.118. The fraction of sp³-hybridized carbons (Fsp3) is 0.250. The van der Waals surface area contributed by atoms with E-state index < -0.39 is 11.9 Å². The lowest BCUT2D eigenvalue weighted by atomic mass is 10.0. The number of furan rings is 1. The van der Waals surface area contributed by atoms with E-state index >= 15 is 0 Å². The summed E-state index contributed by atoms with van der Waals surface area (Å²) in [6, 6.07) is 19.8. The summed E-state index contributed by atoms with van der Waals surface area (Å²) in [6.45, 7) is 6.05. The average molecular weight is 405 g/mol. The number of carbonyl (C=O) groups excluding carboxylic acids is 2. The van der Waals surface area contributed by atoms with Crippen molar-refractivity contribution in [3.8, 4) is 0 Å². The molecule has 0 aliphatic carbocycles. The topological polar surface area (TPSA) is 74.6 Å². The molecule has 0 aliphatic heterocycles. The first-order valence-electron chi connectivity index (χ1n) is 10.1. The van der Waals surface area contributed by atoms with Crippen LogP contribution in [0.15, 0.2) is 77.4 Å². The van der Waals surface area contributed by atoms with E-state index in [4.69, 9.17) is 4.42 Å². The van der Waals surface area contributed by atoms with Gasteiger partial charge in [-0.25, -0.2) is 0 Å². The number of anilines is 2. The Morgan fingerprint density at radius 2 is 1.63 bits per heavy atom. The lowest BCUT2D eigenvalue weighted by Gasteiger charge is -2.22. The zero-order chi connectivity index (χ0) is 21.3. The molecule has 156 valence electrons. The van der Waals surface area contributed by atoms with Crippen molar-refractivity contribution in [2.75, 3.05) is 23.3 Å². The van der Waals surface area contributed by atoms with Crippen LogP contribution in [0, 0.1) is 0 Å². The summed E-state index contributed by atoms with van der Waals surface area (Å²) in [5.74, 6) is -0.535. The van der Waals surface area contributed by atoms with Gasteiger partial charge in [0.15, 0.2) is 5.76 Å². The standard InChI is InChI=1S/C24H27N3O3/c1-3-27(4-2)20-14-12-19(13-15-20)25-23(28)21(17-18-9-6-5-7-10-18)26-24(29)22-11-8-16-30-22/h5-16,21H,3-4,17H2,1-2H3,(H,25,28)(H,26,29). The molecule has 1 atom stereocenters. The largest absolute Gasteiger partial charge is 0.459 e. The molecule has 2 N–H and O–H groups in total. The van der Waals surface area contributed by atoms with Crippen molar-refractivity contribution in [2.45, 2.75) is 26.3 Å². The molecule has 3 rings (SSSR count). The van der Waals surface area contributed by atoms with Gasteiger partial charge in [0.05, 0.1) is 6.26 Å². The fourth-order valence-electron chi connectivity index (χ4n) is 3.27. The van der Waals surface area contributed by atoms with Gasteiger partial charge in [0.1, 0.15) is 6.04 Å². The number of nitrogens with zero attached hydrogens (tertiary/aromatic N) is 1. The van der Waals surface area contributed by atoms with Gasteiger partial charge >= 0.3 is 0 Å². The van der Waals surface area contributed by atoms with Gasteiger partial charge < -0.3 is 20.0 Å². The minimum Gasteiger partial charge on any atom is -0.459 e. The molecule has 2 amide bonds. The Kier molecular flexibility index (Phi) is 7.27. The molecule has 6 nitrogen and oxygen atoms in total. The van der Waals surface area contributed by atoms with Gasteiger partial charge in [0.2, 0.25) is 5.91 Å². The summed E-state index contributed by atoms with van der Waals surface area (Å²) >= 11 is 0. The van der Waals surface area contributed by atoms with Gasteiger partial charge in [0.25, 0.3) is 5.91 Å². The number of nitrogens with one attached hydrogen (secondary N) is 2. The molecule has 30 heavy (non-hydrogen) atoms. The molecule has 1 aromatic heterocycles. The predicted molar refractivity (Wildman–Crippen MR) is 119 cm³/mol. The maximum Gasteiger partial charge on any atom is 0.287 e. The predicted octanol–water partition coefficient (Wildman–Crippen LogP) is 4.11. The molecule has 6 heteroatoms. The van der Waals surface area contributed by atoms with Crippen molar-refractivity contribution in [3.05, 3.63) is 84.3 Å². The maximum atomic E-state index is 13.0. The number of hydrogen-bond acceptors (Lipinski definition) is 4. The van der Waals surface area contributed by atoms with Crippen LogP contribution in [0.4, 0.5) is 11.4 Å². The minimum atomic E-state index is -0.743. The molecule has 0 spiro atoms. The highest BCUT2D eigenvalue weighted by atomic mass is 16.3. The van der Waals surface area contributed by atoms with E-state index in [9.17, 15) is 9.59 Å². The van der Waals surface area contributed by atoms with E-state index in [2.05, 4.69) is 29.4 Å². The highest BCUT2D eigenvalue weighted by molar-refractivity contribution is 6.00. The molecule has 0 bridgehead atoms. The van der Waals surface area contributed by atoms with E-state index in [-0.39, 0.29) is 11.7 Å². The van der Waals surface area contributed by atoms with Crippen LogP contribution in [-0.2, 0) is 11.2 Å². The van der Waals surface area contributed by atoms with Crippen molar-refractivity contribution in [1.29, 1.82) is 0 Å². The van der Waals surface area contributed by atoms with Gasteiger partial charge in [-0.3, -0.25) is 9.59 Å². The van der Waals surface area contributed by atoms with Crippen molar-refractivity contribution in [1.82, 2.24) is 5.32 Å². The first kappa shape index (κ1) is 21.2. The van der Waals surface area contributed by atoms with Crippen molar-refractivity contribution < 1.29 is 14.0 Å². The second kappa shape index (κ2) is 10.3. The van der Waals surface area contributed by atoms with Gasteiger partial charge in [-0.15, -0.1) is 0 Å². The molecular formula is C24H27N3O3. The molecule has 0 fully saturated rings. The van der Waals surface area contributed by atoms with Crippen LogP contribution >= 0.6 is 0 Å². The Hall–Kier alpha value is -3.54. The summed E-state index contributed by atoms with van der Waals surface area (Å²) in [7, 11) is 0. The molecule has 1 heterocycles. The summed E-state index contributed by atoms with van der Waals surface area (Å²) < 4.78 is 5.15. The van der Waals surface area contributed by atoms with E-state index in [0.717, 1.165) is 24.3 Å². The van der Waals surface area contributed by atoms with Crippen LogP contribution in [0.5, 0.6) is 0 Å². The molecule has 1 unspecified atom stereocenters. The second-order valence-electron chi connectivity index (χ2n) is 6.90. The highest BCUT2D eigenvalue weighted by Gasteiger charge is 2.23. The van der Waals surface area contributed by atoms with E-state index in [1.165, 1.54) is 6.26 Å². The summed E-state index contributed by atoms with van der Waals surface area (Å²) in [5, 5.41) is 5.70. The van der Waals surface area contributed by atoms with E-state index in [0.29, 0.717) is 12.1 Å². The number of carbonyl (C=O) groups is 2. The van der Waals surface area contributed by atoms with Gasteiger partial charge in [0, 0.05) is 30.9 Å². The highest BCUT2D eigenvalue weighted by Crippen LogP contribution is 2.18. The van der Waals surface area contributed by atoms with Crippen LogP contribution in [0.25, 0.3) is 0 Å². The Bertz CT molecular complexity index is 934. The fourth-order valence-corrected chi connectivity index (χ4v) is 3.27. The van der Waals surface area contributed by atoms with Crippen LogP contribution < -0.4 is 15.5 Å². The first-order chi connectivity index (χ1) is 14.6. The number of amides is 2. The number of hydrogen-bond donors (Lipinski definition) is 2. The van der Waals surface area contributed by atoms with Crippen molar-refractivity contribution in [3.63, 3.8) is 0 Å². The normalized spacial score (nSPS) is 11.5. The monoisotopic (exact) mass is 405 g/mol. The zero-order valence-electron chi connectivity index (χ0n) is 17.3.